The van der Waals surface area contributed by atoms with Crippen LogP contribution in [-0.4, -0.2) is 28.6 Å². The summed E-state index contributed by atoms with van der Waals surface area (Å²) < 4.78 is 20.6. The van der Waals surface area contributed by atoms with E-state index in [1.165, 1.54) is 23.5 Å². The molecule has 1 heterocycles. The van der Waals surface area contributed by atoms with Crippen molar-refractivity contribution >= 4 is 17.6 Å². The number of nitrogens with zero attached hydrogens (tertiary/aromatic N) is 3. The zero-order valence-corrected chi connectivity index (χ0v) is 17.5. The first kappa shape index (κ1) is 20.8. The van der Waals surface area contributed by atoms with Gasteiger partial charge in [-0.2, -0.15) is 5.10 Å². The van der Waals surface area contributed by atoms with Gasteiger partial charge in [0, 0.05) is 28.6 Å². The van der Waals surface area contributed by atoms with Crippen molar-refractivity contribution in [2.45, 2.75) is 33.2 Å². The molecule has 0 saturated heterocycles. The average molecular weight is 414 g/mol. The molecule has 152 valence electrons. The number of hydrogen-bond acceptors (Lipinski definition) is 5. The van der Waals surface area contributed by atoms with Crippen LogP contribution in [0.4, 0.5) is 4.39 Å². The van der Waals surface area contributed by atoms with Gasteiger partial charge in [0.15, 0.2) is 0 Å². The molecule has 5 nitrogen and oxygen atoms in total. The number of hydrogen-bond donors (Lipinski definition) is 1. The van der Waals surface area contributed by atoms with E-state index in [0.717, 1.165) is 22.5 Å². The number of thiazole rings is 1. The summed E-state index contributed by atoms with van der Waals surface area (Å²) in [7, 11) is 0. The van der Waals surface area contributed by atoms with Crippen LogP contribution >= 0.6 is 11.3 Å². The van der Waals surface area contributed by atoms with Gasteiger partial charge >= 0.3 is 0 Å². The quantitative estimate of drug-likeness (QED) is 0.552. The molecule has 0 aliphatic carbocycles. The molecule has 0 amide bonds. The Hall–Kier alpha value is -2.93. The zero-order chi connectivity index (χ0) is 20.8. The van der Waals surface area contributed by atoms with Gasteiger partial charge in [0.2, 0.25) is 4.80 Å². The van der Waals surface area contributed by atoms with Gasteiger partial charge in [0.1, 0.15) is 17.3 Å². The van der Waals surface area contributed by atoms with Gasteiger partial charge in [-0.15, -0.1) is 11.3 Å². The molecule has 0 spiro atoms. The minimum atomic E-state index is -0.290. The summed E-state index contributed by atoms with van der Waals surface area (Å²) in [6.45, 7) is 6.61. The number of phenolic OH excluding ortho intramolecular Hbond substituents is 1. The largest absolute Gasteiger partial charge is 0.507 e. The molecule has 0 aliphatic heterocycles. The van der Waals surface area contributed by atoms with E-state index in [1.807, 2.05) is 26.2 Å². The molecule has 0 saturated carbocycles. The van der Waals surface area contributed by atoms with Crippen molar-refractivity contribution in [1.82, 2.24) is 4.68 Å². The van der Waals surface area contributed by atoms with E-state index in [1.54, 1.807) is 41.2 Å². The van der Waals surface area contributed by atoms with E-state index in [4.69, 9.17) is 4.74 Å². The van der Waals surface area contributed by atoms with Crippen LogP contribution in [0, 0.1) is 5.82 Å². The fraction of sp³-hybridized carbons (Fsp3) is 0.273. The van der Waals surface area contributed by atoms with Crippen LogP contribution in [0.1, 0.15) is 32.8 Å². The summed E-state index contributed by atoms with van der Waals surface area (Å²) in [5.41, 5.74) is 2.19. The third kappa shape index (κ3) is 5.32. The molecule has 3 rings (SSSR count). The first-order valence-corrected chi connectivity index (χ1v) is 10.4. The van der Waals surface area contributed by atoms with Crippen molar-refractivity contribution in [3.8, 4) is 22.8 Å². The van der Waals surface area contributed by atoms with E-state index >= 15 is 0 Å². The Bertz CT molecular complexity index is 1050. The summed E-state index contributed by atoms with van der Waals surface area (Å²) >= 11 is 1.46. The fourth-order valence-electron chi connectivity index (χ4n) is 2.60. The van der Waals surface area contributed by atoms with Crippen molar-refractivity contribution in [2.24, 2.45) is 10.1 Å². The summed E-state index contributed by atoms with van der Waals surface area (Å²) in [4.78, 5) is 5.34. The lowest BCUT2D eigenvalue weighted by Gasteiger charge is -2.07. The normalized spacial score (nSPS) is 12.2. The second-order valence-corrected chi connectivity index (χ2v) is 7.60. The number of aromatic nitrogens is 1. The van der Waals surface area contributed by atoms with E-state index in [-0.39, 0.29) is 17.6 Å². The second-order valence-electron chi connectivity index (χ2n) is 6.76. The van der Waals surface area contributed by atoms with Crippen molar-refractivity contribution in [3.63, 3.8) is 0 Å². The Morgan fingerprint density at radius 1 is 1.21 bits per heavy atom. The number of ether oxygens (including phenoxy) is 1. The number of halogens is 1. The predicted octanol–water partition coefficient (Wildman–Crippen LogP) is 5.04. The van der Waals surface area contributed by atoms with Crippen LogP contribution in [0.2, 0.25) is 0 Å². The summed E-state index contributed by atoms with van der Waals surface area (Å²) in [6, 6.07) is 11.5. The molecule has 29 heavy (non-hydrogen) atoms. The average Bonchev–Trinajstić information content (AvgIpc) is 3.08. The van der Waals surface area contributed by atoms with Crippen LogP contribution < -0.4 is 9.54 Å². The molecular weight excluding hydrogens is 389 g/mol. The first-order chi connectivity index (χ1) is 14.0. The Balaban J connectivity index is 1.99. The maximum absolute atomic E-state index is 13.3. The molecule has 0 fully saturated rings. The Labute approximate surface area is 173 Å². The van der Waals surface area contributed by atoms with E-state index in [9.17, 15) is 9.50 Å². The van der Waals surface area contributed by atoms with Crippen molar-refractivity contribution in [1.29, 1.82) is 0 Å². The lowest BCUT2D eigenvalue weighted by molar-refractivity contribution is 0.315. The molecule has 0 aliphatic rings. The first-order valence-electron chi connectivity index (χ1n) is 9.48. The van der Waals surface area contributed by atoms with Gasteiger partial charge in [-0.3, -0.25) is 4.99 Å². The van der Waals surface area contributed by atoms with Crippen LogP contribution in [0.3, 0.4) is 0 Å². The van der Waals surface area contributed by atoms with E-state index in [0.29, 0.717) is 17.9 Å². The SMILES string of the molecule is CCCOc1ccc(C=Nn2c(-c3ccc(F)cc3)csc2=NC(C)C)c(O)c1. The molecule has 0 bridgehead atoms. The molecular formula is C22H24FN3O2S. The van der Waals surface area contributed by atoms with Crippen molar-refractivity contribution in [3.05, 3.63) is 64.0 Å². The van der Waals surface area contributed by atoms with E-state index in [2.05, 4.69) is 10.1 Å². The fourth-order valence-corrected chi connectivity index (χ4v) is 3.57. The number of benzene rings is 2. The molecule has 1 aromatic heterocycles. The van der Waals surface area contributed by atoms with Crippen LogP contribution in [0.5, 0.6) is 11.5 Å². The highest BCUT2D eigenvalue weighted by molar-refractivity contribution is 7.07. The second kappa shape index (κ2) is 9.52. The van der Waals surface area contributed by atoms with Gasteiger partial charge in [-0.25, -0.2) is 9.07 Å². The van der Waals surface area contributed by atoms with Gasteiger partial charge in [0.25, 0.3) is 0 Å². The minimum absolute atomic E-state index is 0.0869. The lowest BCUT2D eigenvalue weighted by Crippen LogP contribution is -2.14. The van der Waals surface area contributed by atoms with Gasteiger partial charge < -0.3 is 9.84 Å². The predicted molar refractivity (Wildman–Crippen MR) is 115 cm³/mol. The third-order valence-corrected chi connectivity index (χ3v) is 4.81. The van der Waals surface area contributed by atoms with Crippen molar-refractivity contribution in [2.75, 3.05) is 6.61 Å². The highest BCUT2D eigenvalue weighted by Crippen LogP contribution is 2.24. The molecule has 1 N–H and O–H groups in total. The monoisotopic (exact) mass is 413 g/mol. The molecule has 0 atom stereocenters. The Kier molecular flexibility index (Phi) is 6.82. The maximum Gasteiger partial charge on any atom is 0.206 e. The topological polar surface area (TPSA) is 59.1 Å². The van der Waals surface area contributed by atoms with E-state index < -0.39 is 0 Å². The maximum atomic E-state index is 13.3. The van der Waals surface area contributed by atoms with Crippen LogP contribution in [0.15, 0.2) is 57.9 Å². The zero-order valence-electron chi connectivity index (χ0n) is 16.7. The number of aromatic hydroxyl groups is 1. The Morgan fingerprint density at radius 3 is 2.62 bits per heavy atom. The molecule has 0 radical (unpaired) electrons. The minimum Gasteiger partial charge on any atom is -0.507 e. The van der Waals surface area contributed by atoms with Crippen molar-refractivity contribution < 1.29 is 14.2 Å². The van der Waals surface area contributed by atoms with Gasteiger partial charge in [-0.1, -0.05) is 6.92 Å². The summed E-state index contributed by atoms with van der Waals surface area (Å²) in [6.07, 6.45) is 2.48. The highest BCUT2D eigenvalue weighted by Gasteiger charge is 2.09. The molecule has 3 aromatic rings. The number of rotatable bonds is 7. The van der Waals surface area contributed by atoms with Crippen LogP contribution in [-0.2, 0) is 0 Å². The molecule has 2 aromatic carbocycles. The van der Waals surface area contributed by atoms with Gasteiger partial charge in [-0.05, 0) is 56.7 Å². The lowest BCUT2D eigenvalue weighted by atomic mass is 10.2. The third-order valence-electron chi connectivity index (χ3n) is 3.98. The number of phenols is 1. The molecule has 7 heteroatoms. The highest BCUT2D eigenvalue weighted by atomic mass is 32.1. The molecule has 0 unspecified atom stereocenters. The Morgan fingerprint density at radius 2 is 1.97 bits per heavy atom. The summed E-state index contributed by atoms with van der Waals surface area (Å²) in [5.74, 6) is 0.414. The summed E-state index contributed by atoms with van der Waals surface area (Å²) in [5, 5.41) is 16.8. The standard InChI is InChI=1S/C22H24FN3O2S/c1-4-11-28-19-10-7-17(21(27)12-19)13-24-26-20(14-29-22(26)25-15(2)3)16-5-8-18(23)9-6-16/h5-10,12-15,27H,4,11H2,1-3H3. The smallest absolute Gasteiger partial charge is 0.206 e. The van der Waals surface area contributed by atoms with Gasteiger partial charge in [0.05, 0.1) is 18.5 Å². The van der Waals surface area contributed by atoms with Crippen LogP contribution in [0.25, 0.3) is 11.3 Å².